The highest BCUT2D eigenvalue weighted by Crippen LogP contribution is 2.10. The minimum atomic E-state index is -0.330. The van der Waals surface area contributed by atoms with Crippen LogP contribution in [0.15, 0.2) is 34.9 Å². The maximum atomic E-state index is 11.7. The van der Waals surface area contributed by atoms with E-state index in [0.29, 0.717) is 17.9 Å². The highest BCUT2D eigenvalue weighted by Gasteiger charge is 2.12. The van der Waals surface area contributed by atoms with Gasteiger partial charge in [0.05, 0.1) is 12.9 Å². The molecular weight excluding hydrogens is 242 g/mol. The van der Waals surface area contributed by atoms with Gasteiger partial charge in [-0.1, -0.05) is 6.07 Å². The Morgan fingerprint density at radius 2 is 2.16 bits per heavy atom. The highest BCUT2D eigenvalue weighted by molar-refractivity contribution is 5.90. The fourth-order valence-corrected chi connectivity index (χ4v) is 1.83. The Morgan fingerprint density at radius 1 is 1.32 bits per heavy atom. The number of carbonyl (C=O) groups excluding carboxylic acids is 1. The van der Waals surface area contributed by atoms with Crippen LogP contribution in [0.5, 0.6) is 0 Å². The van der Waals surface area contributed by atoms with Crippen molar-refractivity contribution in [3.8, 4) is 0 Å². The van der Waals surface area contributed by atoms with Gasteiger partial charge < -0.3 is 9.15 Å². The standard InChI is InChI=1S/C15H17NO3/c1-11-5-3-6-13(16-11)7-4-9-19-15(17)14-8-10-18-12(14)2/h3,5-6,8,10H,4,7,9H2,1-2H3. The zero-order valence-corrected chi connectivity index (χ0v) is 11.2. The lowest BCUT2D eigenvalue weighted by atomic mass is 10.2. The maximum absolute atomic E-state index is 11.7. The van der Waals surface area contributed by atoms with E-state index in [1.807, 2.05) is 25.1 Å². The number of nitrogens with zero attached hydrogens (tertiary/aromatic N) is 1. The lowest BCUT2D eigenvalue weighted by Crippen LogP contribution is -2.07. The van der Waals surface area contributed by atoms with Crippen molar-refractivity contribution in [3.05, 3.63) is 53.2 Å². The van der Waals surface area contributed by atoms with Gasteiger partial charge in [-0.05, 0) is 44.9 Å². The monoisotopic (exact) mass is 259 g/mol. The van der Waals surface area contributed by atoms with Gasteiger partial charge in [0.25, 0.3) is 0 Å². The van der Waals surface area contributed by atoms with E-state index >= 15 is 0 Å². The third-order valence-electron chi connectivity index (χ3n) is 2.84. The van der Waals surface area contributed by atoms with Gasteiger partial charge >= 0.3 is 5.97 Å². The lowest BCUT2D eigenvalue weighted by molar-refractivity contribution is 0.0498. The Hall–Kier alpha value is -2.10. The third kappa shape index (κ3) is 3.68. The van der Waals surface area contributed by atoms with Crippen LogP contribution in [0.3, 0.4) is 0 Å². The van der Waals surface area contributed by atoms with Gasteiger partial charge in [0.2, 0.25) is 0 Å². The summed E-state index contributed by atoms with van der Waals surface area (Å²) in [7, 11) is 0. The minimum Gasteiger partial charge on any atom is -0.469 e. The highest BCUT2D eigenvalue weighted by atomic mass is 16.5. The second kappa shape index (κ2) is 6.18. The van der Waals surface area contributed by atoms with Gasteiger partial charge in [-0.2, -0.15) is 0 Å². The molecule has 100 valence electrons. The first-order chi connectivity index (χ1) is 9.16. The van der Waals surface area contributed by atoms with Gasteiger partial charge in [0.1, 0.15) is 11.3 Å². The molecule has 19 heavy (non-hydrogen) atoms. The SMILES string of the molecule is Cc1cccc(CCCOC(=O)c2ccoc2C)n1. The fraction of sp³-hybridized carbons (Fsp3) is 0.333. The maximum Gasteiger partial charge on any atom is 0.341 e. The summed E-state index contributed by atoms with van der Waals surface area (Å²) < 4.78 is 10.3. The van der Waals surface area contributed by atoms with Crippen LogP contribution in [0, 0.1) is 13.8 Å². The molecule has 0 saturated carbocycles. The second-order valence-corrected chi connectivity index (χ2v) is 4.40. The summed E-state index contributed by atoms with van der Waals surface area (Å²) in [4.78, 5) is 16.1. The summed E-state index contributed by atoms with van der Waals surface area (Å²) in [6.45, 7) is 4.09. The molecule has 0 fully saturated rings. The van der Waals surface area contributed by atoms with Gasteiger partial charge in [0, 0.05) is 11.4 Å². The summed E-state index contributed by atoms with van der Waals surface area (Å²) in [5.41, 5.74) is 2.52. The molecule has 0 aliphatic carbocycles. The van der Waals surface area contributed by atoms with E-state index in [1.54, 1.807) is 13.0 Å². The molecule has 4 heteroatoms. The van der Waals surface area contributed by atoms with Crippen molar-refractivity contribution in [1.82, 2.24) is 4.98 Å². The van der Waals surface area contributed by atoms with Crippen LogP contribution in [0.1, 0.15) is 33.9 Å². The van der Waals surface area contributed by atoms with E-state index in [2.05, 4.69) is 4.98 Å². The largest absolute Gasteiger partial charge is 0.469 e. The Balaban J connectivity index is 1.75. The van der Waals surface area contributed by atoms with Crippen molar-refractivity contribution < 1.29 is 13.9 Å². The van der Waals surface area contributed by atoms with Crippen LogP contribution < -0.4 is 0 Å². The van der Waals surface area contributed by atoms with Crippen LogP contribution in [-0.4, -0.2) is 17.6 Å². The molecule has 2 aromatic heterocycles. The van der Waals surface area contributed by atoms with Crippen molar-refractivity contribution >= 4 is 5.97 Å². The van der Waals surface area contributed by atoms with Crippen LogP contribution in [-0.2, 0) is 11.2 Å². The number of ether oxygens (including phenoxy) is 1. The van der Waals surface area contributed by atoms with Crippen LogP contribution in [0.2, 0.25) is 0 Å². The average molecular weight is 259 g/mol. The lowest BCUT2D eigenvalue weighted by Gasteiger charge is -2.04. The molecule has 0 spiro atoms. The van der Waals surface area contributed by atoms with E-state index in [4.69, 9.17) is 9.15 Å². The molecule has 2 rings (SSSR count). The Bertz CT molecular complexity index is 560. The number of furan rings is 1. The predicted molar refractivity (Wildman–Crippen MR) is 71.0 cm³/mol. The number of carbonyl (C=O) groups is 1. The van der Waals surface area contributed by atoms with Crippen molar-refractivity contribution in [2.45, 2.75) is 26.7 Å². The Morgan fingerprint density at radius 3 is 2.84 bits per heavy atom. The van der Waals surface area contributed by atoms with Gasteiger partial charge in [-0.3, -0.25) is 4.98 Å². The first-order valence-corrected chi connectivity index (χ1v) is 6.30. The van der Waals surface area contributed by atoms with Gasteiger partial charge in [-0.15, -0.1) is 0 Å². The van der Waals surface area contributed by atoms with Crippen molar-refractivity contribution in [1.29, 1.82) is 0 Å². The normalized spacial score (nSPS) is 10.4. The van der Waals surface area contributed by atoms with E-state index in [9.17, 15) is 4.79 Å². The Labute approximate surface area is 112 Å². The van der Waals surface area contributed by atoms with Gasteiger partial charge in [-0.25, -0.2) is 4.79 Å². The zero-order chi connectivity index (χ0) is 13.7. The van der Waals surface area contributed by atoms with E-state index in [0.717, 1.165) is 24.2 Å². The number of hydrogen-bond donors (Lipinski definition) is 0. The molecule has 2 aromatic rings. The topological polar surface area (TPSA) is 52.3 Å². The number of hydrogen-bond acceptors (Lipinski definition) is 4. The Kier molecular flexibility index (Phi) is 4.34. The summed E-state index contributed by atoms with van der Waals surface area (Å²) in [5.74, 6) is 0.258. The molecule has 0 aliphatic heterocycles. The van der Waals surface area contributed by atoms with Crippen LogP contribution in [0.25, 0.3) is 0 Å². The molecule has 0 unspecified atom stereocenters. The number of rotatable bonds is 5. The minimum absolute atomic E-state index is 0.330. The molecule has 0 N–H and O–H groups in total. The first-order valence-electron chi connectivity index (χ1n) is 6.30. The second-order valence-electron chi connectivity index (χ2n) is 4.40. The number of esters is 1. The fourth-order valence-electron chi connectivity index (χ4n) is 1.83. The quantitative estimate of drug-likeness (QED) is 0.611. The zero-order valence-electron chi connectivity index (χ0n) is 11.2. The average Bonchev–Trinajstić information content (AvgIpc) is 2.81. The molecule has 0 atom stereocenters. The molecule has 0 bridgehead atoms. The van der Waals surface area contributed by atoms with Crippen molar-refractivity contribution in [2.24, 2.45) is 0 Å². The molecule has 4 nitrogen and oxygen atoms in total. The summed E-state index contributed by atoms with van der Waals surface area (Å²) in [6, 6.07) is 7.55. The molecule has 0 amide bonds. The smallest absolute Gasteiger partial charge is 0.341 e. The summed E-state index contributed by atoms with van der Waals surface area (Å²) in [5, 5.41) is 0. The number of aromatic nitrogens is 1. The number of pyridine rings is 1. The molecule has 0 saturated heterocycles. The van der Waals surface area contributed by atoms with Crippen LogP contribution >= 0.6 is 0 Å². The summed E-state index contributed by atoms with van der Waals surface area (Å²) >= 11 is 0. The predicted octanol–water partition coefficient (Wildman–Crippen LogP) is 3.08. The molecule has 0 aliphatic rings. The molecule has 2 heterocycles. The first kappa shape index (κ1) is 13.3. The van der Waals surface area contributed by atoms with Crippen molar-refractivity contribution in [3.63, 3.8) is 0 Å². The van der Waals surface area contributed by atoms with E-state index in [1.165, 1.54) is 6.26 Å². The number of aryl methyl sites for hydroxylation is 3. The van der Waals surface area contributed by atoms with Crippen LogP contribution in [0.4, 0.5) is 0 Å². The molecule has 0 radical (unpaired) electrons. The van der Waals surface area contributed by atoms with E-state index < -0.39 is 0 Å². The molecular formula is C15H17NO3. The molecule has 0 aromatic carbocycles. The van der Waals surface area contributed by atoms with Gasteiger partial charge in [0.15, 0.2) is 0 Å². The van der Waals surface area contributed by atoms with E-state index in [-0.39, 0.29) is 5.97 Å². The summed E-state index contributed by atoms with van der Waals surface area (Å²) in [6.07, 6.45) is 3.06. The third-order valence-corrected chi connectivity index (χ3v) is 2.84. The van der Waals surface area contributed by atoms with Crippen molar-refractivity contribution in [2.75, 3.05) is 6.61 Å².